The van der Waals surface area contributed by atoms with Gasteiger partial charge in [0.25, 0.3) is 0 Å². The topological polar surface area (TPSA) is 39.4 Å². The Morgan fingerprint density at radius 3 is 2.26 bits per heavy atom. The van der Waals surface area contributed by atoms with Crippen LogP contribution in [0.25, 0.3) is 32.9 Å². The first-order valence-corrected chi connectivity index (χ1v) is 11.2. The van der Waals surface area contributed by atoms with Crippen LogP contribution in [-0.4, -0.2) is 0 Å². The third-order valence-electron chi connectivity index (χ3n) is 5.63. The van der Waals surface area contributed by atoms with Gasteiger partial charge in [-0.1, -0.05) is 71.7 Å². The summed E-state index contributed by atoms with van der Waals surface area (Å²) in [5.41, 5.74) is -0.873. The van der Waals surface area contributed by atoms with E-state index in [0.29, 0.717) is 26.4 Å². The summed E-state index contributed by atoms with van der Waals surface area (Å²) in [6.45, 7) is -0.0194. The van der Waals surface area contributed by atoms with Gasteiger partial charge in [0.05, 0.1) is 10.9 Å². The zero-order valence-corrected chi connectivity index (χ0v) is 19.3. The minimum absolute atomic E-state index is 0.00376. The van der Waals surface area contributed by atoms with Crippen molar-refractivity contribution in [2.45, 2.75) is 12.8 Å². The molecule has 1 aromatic heterocycles. The van der Waals surface area contributed by atoms with E-state index in [1.54, 1.807) is 54.6 Å². The van der Waals surface area contributed by atoms with Crippen LogP contribution in [0.2, 0.25) is 10.0 Å². The Kier molecular flexibility index (Phi) is 5.95. The summed E-state index contributed by atoms with van der Waals surface area (Å²) in [6, 6.07) is 20.9. The van der Waals surface area contributed by atoms with Crippen LogP contribution in [-0.2, 0) is 12.8 Å². The van der Waals surface area contributed by atoms with Crippen molar-refractivity contribution in [1.82, 2.24) is 0 Å². The molecular formula is C27H15Cl2F3O3. The average molecular weight is 515 g/mol. The van der Waals surface area contributed by atoms with E-state index in [1.807, 2.05) is 0 Å². The lowest BCUT2D eigenvalue weighted by molar-refractivity contribution is -0.152. The van der Waals surface area contributed by atoms with Gasteiger partial charge >= 0.3 is 6.18 Å². The Bertz CT molecular complexity index is 1620. The number of rotatable bonds is 4. The van der Waals surface area contributed by atoms with Gasteiger partial charge in [0, 0.05) is 21.7 Å². The molecule has 35 heavy (non-hydrogen) atoms. The SMILES string of the molecule is O=c1c(-c2cccc3ccccc23)c(C(F)(F)F)oc2cc(OCc3c(Cl)cccc3Cl)ccc12. The molecule has 0 saturated carbocycles. The van der Waals surface area contributed by atoms with Crippen LogP contribution in [0.4, 0.5) is 13.2 Å². The molecule has 5 rings (SSSR count). The normalized spacial score (nSPS) is 11.8. The summed E-state index contributed by atoms with van der Waals surface area (Å²) in [4.78, 5) is 13.4. The molecule has 0 N–H and O–H groups in total. The molecule has 5 aromatic rings. The van der Waals surface area contributed by atoms with Crippen LogP contribution in [0, 0.1) is 0 Å². The maximum atomic E-state index is 14.1. The van der Waals surface area contributed by atoms with Crippen LogP contribution < -0.4 is 10.2 Å². The van der Waals surface area contributed by atoms with Gasteiger partial charge in [-0.25, -0.2) is 0 Å². The molecule has 0 aliphatic heterocycles. The summed E-state index contributed by atoms with van der Waals surface area (Å²) in [6.07, 6.45) is -4.90. The Labute approximate surface area is 207 Å². The van der Waals surface area contributed by atoms with Crippen molar-refractivity contribution < 1.29 is 22.3 Å². The van der Waals surface area contributed by atoms with Gasteiger partial charge < -0.3 is 9.15 Å². The Morgan fingerprint density at radius 1 is 0.829 bits per heavy atom. The fraction of sp³-hybridized carbons (Fsp3) is 0.0741. The smallest absolute Gasteiger partial charge is 0.450 e. The first-order valence-electron chi connectivity index (χ1n) is 10.5. The Morgan fingerprint density at radius 2 is 1.51 bits per heavy atom. The number of benzene rings is 4. The summed E-state index contributed by atoms with van der Waals surface area (Å²) < 4.78 is 53.3. The van der Waals surface area contributed by atoms with Gasteiger partial charge in [-0.2, -0.15) is 13.2 Å². The third-order valence-corrected chi connectivity index (χ3v) is 6.33. The minimum atomic E-state index is -4.90. The van der Waals surface area contributed by atoms with Gasteiger partial charge in [0.15, 0.2) is 0 Å². The first kappa shape index (κ1) is 23.3. The van der Waals surface area contributed by atoms with Gasteiger partial charge in [0.2, 0.25) is 11.2 Å². The average Bonchev–Trinajstić information content (AvgIpc) is 2.83. The van der Waals surface area contributed by atoms with Gasteiger partial charge in [0.1, 0.15) is 17.9 Å². The molecule has 0 unspecified atom stereocenters. The highest BCUT2D eigenvalue weighted by Gasteiger charge is 2.39. The van der Waals surface area contributed by atoms with Gasteiger partial charge in [-0.3, -0.25) is 4.79 Å². The zero-order chi connectivity index (χ0) is 24.7. The van der Waals surface area contributed by atoms with Crippen molar-refractivity contribution in [3.05, 3.63) is 110 Å². The lowest BCUT2D eigenvalue weighted by Gasteiger charge is -2.15. The van der Waals surface area contributed by atoms with Crippen molar-refractivity contribution >= 4 is 44.9 Å². The van der Waals surface area contributed by atoms with Crippen LogP contribution in [0.5, 0.6) is 5.75 Å². The molecule has 0 saturated heterocycles. The van der Waals surface area contributed by atoms with E-state index in [1.165, 1.54) is 24.3 Å². The fourth-order valence-corrected chi connectivity index (χ4v) is 4.48. The van der Waals surface area contributed by atoms with Crippen LogP contribution >= 0.6 is 23.2 Å². The fourth-order valence-electron chi connectivity index (χ4n) is 3.98. The molecule has 0 fully saturated rings. The summed E-state index contributed by atoms with van der Waals surface area (Å²) in [5, 5.41) is 2.01. The van der Waals surface area contributed by atoms with Crippen LogP contribution in [0.15, 0.2) is 88.1 Å². The van der Waals surface area contributed by atoms with Crippen LogP contribution in [0.1, 0.15) is 11.3 Å². The molecule has 0 radical (unpaired) electrons. The monoisotopic (exact) mass is 514 g/mol. The van der Waals surface area contributed by atoms with Gasteiger partial charge in [-0.15, -0.1) is 0 Å². The molecule has 0 spiro atoms. The molecule has 3 nitrogen and oxygen atoms in total. The standard InChI is InChI=1S/C27H15Cl2F3O3/c28-21-9-4-10-22(29)20(21)14-34-16-11-12-19-23(13-16)35-26(27(30,31)32)24(25(19)33)18-8-3-6-15-5-1-2-7-17(15)18/h1-13H,14H2. The number of hydrogen-bond acceptors (Lipinski definition) is 3. The third kappa shape index (κ3) is 4.35. The maximum absolute atomic E-state index is 14.1. The second-order valence-electron chi connectivity index (χ2n) is 7.81. The summed E-state index contributed by atoms with van der Waals surface area (Å²) >= 11 is 12.3. The number of fused-ring (bicyclic) bond motifs is 2. The van der Waals surface area contributed by atoms with E-state index in [2.05, 4.69) is 0 Å². The Hall–Kier alpha value is -3.48. The first-order chi connectivity index (χ1) is 16.7. The molecule has 0 bridgehead atoms. The maximum Gasteiger partial charge on any atom is 0.450 e. The molecule has 0 aliphatic carbocycles. The predicted molar refractivity (Wildman–Crippen MR) is 131 cm³/mol. The highest BCUT2D eigenvalue weighted by atomic mass is 35.5. The lowest BCUT2D eigenvalue weighted by Crippen LogP contribution is -2.16. The van der Waals surface area contributed by atoms with Crippen molar-refractivity contribution in [3.63, 3.8) is 0 Å². The van der Waals surface area contributed by atoms with E-state index in [4.69, 9.17) is 32.4 Å². The lowest BCUT2D eigenvalue weighted by atomic mass is 9.96. The highest BCUT2D eigenvalue weighted by Crippen LogP contribution is 2.40. The number of ether oxygens (including phenoxy) is 1. The molecular weight excluding hydrogens is 500 g/mol. The molecule has 0 aliphatic rings. The van der Waals surface area contributed by atoms with Crippen molar-refractivity contribution in [2.75, 3.05) is 0 Å². The second-order valence-corrected chi connectivity index (χ2v) is 8.62. The minimum Gasteiger partial charge on any atom is -0.489 e. The van der Waals surface area contributed by atoms with E-state index in [0.717, 1.165) is 0 Å². The van der Waals surface area contributed by atoms with E-state index in [9.17, 15) is 18.0 Å². The molecule has 176 valence electrons. The second kappa shape index (κ2) is 8.95. The zero-order valence-electron chi connectivity index (χ0n) is 17.8. The molecule has 0 atom stereocenters. The number of halogens is 5. The summed E-state index contributed by atoms with van der Waals surface area (Å²) in [5.74, 6) is -1.17. The Balaban J connectivity index is 1.65. The highest BCUT2D eigenvalue weighted by molar-refractivity contribution is 6.35. The van der Waals surface area contributed by atoms with E-state index >= 15 is 0 Å². The largest absolute Gasteiger partial charge is 0.489 e. The number of alkyl halides is 3. The van der Waals surface area contributed by atoms with Crippen molar-refractivity contribution in [1.29, 1.82) is 0 Å². The van der Waals surface area contributed by atoms with Gasteiger partial charge in [-0.05, 0) is 40.6 Å². The van der Waals surface area contributed by atoms with E-state index < -0.39 is 22.9 Å². The van der Waals surface area contributed by atoms with Crippen LogP contribution in [0.3, 0.4) is 0 Å². The quantitative estimate of drug-likeness (QED) is 0.241. The number of hydrogen-bond donors (Lipinski definition) is 0. The molecule has 1 heterocycles. The summed E-state index contributed by atoms with van der Waals surface area (Å²) in [7, 11) is 0. The molecule has 8 heteroatoms. The predicted octanol–water partition coefficient (Wildman–Crippen LogP) is 8.52. The van der Waals surface area contributed by atoms with E-state index in [-0.39, 0.29) is 28.9 Å². The van der Waals surface area contributed by atoms with Crippen molar-refractivity contribution in [3.8, 4) is 16.9 Å². The molecule has 0 amide bonds. The van der Waals surface area contributed by atoms with Crippen molar-refractivity contribution in [2.24, 2.45) is 0 Å². The molecule has 4 aromatic carbocycles.